The fraction of sp³-hybridized carbons (Fsp3) is 0.533. The van der Waals surface area contributed by atoms with Gasteiger partial charge < -0.3 is 20.7 Å². The number of hydrogen-bond acceptors (Lipinski definition) is 4. The number of unbranched alkanes of at least 4 members (excludes halogenated alkanes) is 1. The van der Waals surface area contributed by atoms with E-state index in [1.54, 1.807) is 37.2 Å². The van der Waals surface area contributed by atoms with Gasteiger partial charge >= 0.3 is 0 Å². The Morgan fingerprint density at radius 3 is 2.75 bits per heavy atom. The van der Waals surface area contributed by atoms with Crippen LogP contribution in [-0.2, 0) is 4.74 Å². The van der Waals surface area contributed by atoms with Gasteiger partial charge in [-0.2, -0.15) is 0 Å². The fourth-order valence-corrected chi connectivity index (χ4v) is 1.71. The number of nitrogens with one attached hydrogen (secondary N) is 1. The van der Waals surface area contributed by atoms with E-state index in [1.807, 2.05) is 0 Å². The minimum absolute atomic E-state index is 0.0350. The minimum atomic E-state index is -0.0350. The SMILES string of the molecule is CCCCOCCNc1cc(C(=O)N(C)C)ccc1N. The maximum Gasteiger partial charge on any atom is 0.253 e. The molecule has 1 aromatic carbocycles. The minimum Gasteiger partial charge on any atom is -0.397 e. The summed E-state index contributed by atoms with van der Waals surface area (Å²) < 4.78 is 5.47. The first-order chi connectivity index (χ1) is 9.56. The van der Waals surface area contributed by atoms with Crippen molar-refractivity contribution in [3.05, 3.63) is 23.8 Å². The summed E-state index contributed by atoms with van der Waals surface area (Å²) in [6.45, 7) is 4.22. The Labute approximate surface area is 121 Å². The molecular formula is C15H25N3O2. The number of hydrogen-bond donors (Lipinski definition) is 2. The van der Waals surface area contributed by atoms with Crippen molar-refractivity contribution in [1.82, 2.24) is 4.90 Å². The van der Waals surface area contributed by atoms with Crippen LogP contribution in [0.4, 0.5) is 11.4 Å². The predicted molar refractivity (Wildman–Crippen MR) is 83.1 cm³/mol. The van der Waals surface area contributed by atoms with Gasteiger partial charge in [0.15, 0.2) is 0 Å². The van der Waals surface area contributed by atoms with Crippen LogP contribution in [-0.4, -0.2) is 44.7 Å². The largest absolute Gasteiger partial charge is 0.397 e. The van der Waals surface area contributed by atoms with Crippen LogP contribution in [0.1, 0.15) is 30.1 Å². The summed E-state index contributed by atoms with van der Waals surface area (Å²) in [6, 6.07) is 5.27. The Hall–Kier alpha value is -1.75. The van der Waals surface area contributed by atoms with E-state index in [4.69, 9.17) is 10.5 Å². The van der Waals surface area contributed by atoms with Crippen molar-refractivity contribution in [1.29, 1.82) is 0 Å². The number of rotatable bonds is 8. The molecule has 20 heavy (non-hydrogen) atoms. The summed E-state index contributed by atoms with van der Waals surface area (Å²) in [4.78, 5) is 13.4. The molecule has 5 heteroatoms. The molecular weight excluding hydrogens is 254 g/mol. The zero-order valence-corrected chi connectivity index (χ0v) is 12.6. The van der Waals surface area contributed by atoms with Gasteiger partial charge in [-0.1, -0.05) is 13.3 Å². The Kier molecular flexibility index (Phi) is 6.87. The molecule has 0 fully saturated rings. The van der Waals surface area contributed by atoms with E-state index in [0.717, 1.165) is 25.1 Å². The number of carbonyl (C=O) groups excluding carboxylic acids is 1. The van der Waals surface area contributed by atoms with Crippen molar-refractivity contribution in [2.24, 2.45) is 0 Å². The van der Waals surface area contributed by atoms with E-state index < -0.39 is 0 Å². The monoisotopic (exact) mass is 279 g/mol. The van der Waals surface area contributed by atoms with Crippen LogP contribution in [0.2, 0.25) is 0 Å². The lowest BCUT2D eigenvalue weighted by atomic mass is 10.1. The molecule has 0 saturated heterocycles. The van der Waals surface area contributed by atoms with Gasteiger partial charge in [0.05, 0.1) is 18.0 Å². The van der Waals surface area contributed by atoms with Gasteiger partial charge in [-0.3, -0.25) is 4.79 Å². The second kappa shape index (κ2) is 8.43. The quantitative estimate of drug-likeness (QED) is 0.565. The molecule has 0 spiro atoms. The van der Waals surface area contributed by atoms with Crippen LogP contribution >= 0.6 is 0 Å². The third-order valence-electron chi connectivity index (χ3n) is 2.91. The van der Waals surface area contributed by atoms with Gasteiger partial charge in [0.25, 0.3) is 5.91 Å². The molecule has 0 aromatic heterocycles. The summed E-state index contributed by atoms with van der Waals surface area (Å²) in [5, 5.41) is 3.20. The summed E-state index contributed by atoms with van der Waals surface area (Å²) in [5.74, 6) is -0.0350. The first-order valence-electron chi connectivity index (χ1n) is 6.99. The number of carbonyl (C=O) groups is 1. The second-order valence-electron chi connectivity index (χ2n) is 4.89. The van der Waals surface area contributed by atoms with Crippen LogP contribution in [0.25, 0.3) is 0 Å². The summed E-state index contributed by atoms with van der Waals surface area (Å²) in [5.41, 5.74) is 7.93. The first-order valence-corrected chi connectivity index (χ1v) is 6.99. The van der Waals surface area contributed by atoms with Gasteiger partial charge in [-0.05, 0) is 24.6 Å². The number of nitrogen functional groups attached to an aromatic ring is 1. The molecule has 1 rings (SSSR count). The van der Waals surface area contributed by atoms with Crippen molar-refractivity contribution in [2.45, 2.75) is 19.8 Å². The molecule has 112 valence electrons. The van der Waals surface area contributed by atoms with Crippen molar-refractivity contribution in [3.63, 3.8) is 0 Å². The number of nitrogens with two attached hydrogens (primary N) is 1. The van der Waals surface area contributed by atoms with Gasteiger partial charge in [-0.15, -0.1) is 0 Å². The highest BCUT2D eigenvalue weighted by Gasteiger charge is 2.09. The Morgan fingerprint density at radius 2 is 2.10 bits per heavy atom. The van der Waals surface area contributed by atoms with E-state index in [1.165, 1.54) is 0 Å². The van der Waals surface area contributed by atoms with Gasteiger partial charge in [0.1, 0.15) is 0 Å². The van der Waals surface area contributed by atoms with Gasteiger partial charge in [-0.25, -0.2) is 0 Å². The smallest absolute Gasteiger partial charge is 0.253 e. The highest BCUT2D eigenvalue weighted by molar-refractivity contribution is 5.95. The Morgan fingerprint density at radius 1 is 1.35 bits per heavy atom. The van der Waals surface area contributed by atoms with Gasteiger partial charge in [0.2, 0.25) is 0 Å². The number of amides is 1. The zero-order valence-electron chi connectivity index (χ0n) is 12.6. The van der Waals surface area contributed by atoms with Crippen LogP contribution in [0.3, 0.4) is 0 Å². The lowest BCUT2D eigenvalue weighted by Crippen LogP contribution is -2.22. The standard InChI is InChI=1S/C15H25N3O2/c1-4-5-9-20-10-8-17-14-11-12(6-7-13(14)16)15(19)18(2)3/h6-7,11,17H,4-5,8-10,16H2,1-3H3. The van der Waals surface area contributed by atoms with Crippen LogP contribution in [0.15, 0.2) is 18.2 Å². The topological polar surface area (TPSA) is 67.6 Å². The van der Waals surface area contributed by atoms with Crippen molar-refractivity contribution < 1.29 is 9.53 Å². The van der Waals surface area contributed by atoms with Crippen LogP contribution < -0.4 is 11.1 Å². The molecule has 0 aliphatic rings. The van der Waals surface area contributed by atoms with E-state index in [2.05, 4.69) is 12.2 Å². The second-order valence-corrected chi connectivity index (χ2v) is 4.89. The lowest BCUT2D eigenvalue weighted by molar-refractivity contribution is 0.0827. The highest BCUT2D eigenvalue weighted by Crippen LogP contribution is 2.20. The average Bonchev–Trinajstić information content (AvgIpc) is 2.43. The summed E-state index contributed by atoms with van der Waals surface area (Å²) in [6.07, 6.45) is 2.21. The third-order valence-corrected chi connectivity index (χ3v) is 2.91. The van der Waals surface area contributed by atoms with E-state index in [9.17, 15) is 4.79 Å². The highest BCUT2D eigenvalue weighted by atomic mass is 16.5. The molecule has 0 aliphatic heterocycles. The molecule has 3 N–H and O–H groups in total. The third kappa shape index (κ3) is 5.09. The molecule has 0 heterocycles. The maximum atomic E-state index is 11.9. The molecule has 0 saturated carbocycles. The van der Waals surface area contributed by atoms with Crippen LogP contribution in [0, 0.1) is 0 Å². The maximum absolute atomic E-state index is 11.9. The van der Waals surface area contributed by atoms with Crippen molar-refractivity contribution in [3.8, 4) is 0 Å². The van der Waals surface area contributed by atoms with E-state index in [-0.39, 0.29) is 5.91 Å². The molecule has 5 nitrogen and oxygen atoms in total. The van der Waals surface area contributed by atoms with Crippen LogP contribution in [0.5, 0.6) is 0 Å². The van der Waals surface area contributed by atoms with Gasteiger partial charge in [0, 0.05) is 32.8 Å². The lowest BCUT2D eigenvalue weighted by Gasteiger charge is -2.14. The number of anilines is 2. The fourth-order valence-electron chi connectivity index (χ4n) is 1.71. The molecule has 0 atom stereocenters. The predicted octanol–water partition coefficient (Wildman–Crippen LogP) is 2.20. The Bertz CT molecular complexity index is 433. The Balaban J connectivity index is 2.52. The molecule has 0 radical (unpaired) electrons. The molecule has 0 bridgehead atoms. The number of ether oxygens (including phenoxy) is 1. The van der Waals surface area contributed by atoms with E-state index >= 15 is 0 Å². The summed E-state index contributed by atoms with van der Waals surface area (Å²) >= 11 is 0. The average molecular weight is 279 g/mol. The molecule has 1 amide bonds. The normalized spacial score (nSPS) is 10.3. The van der Waals surface area contributed by atoms with Crippen molar-refractivity contribution >= 4 is 17.3 Å². The van der Waals surface area contributed by atoms with E-state index in [0.29, 0.717) is 24.4 Å². The summed E-state index contributed by atoms with van der Waals surface area (Å²) in [7, 11) is 3.46. The number of nitrogens with zero attached hydrogens (tertiary/aromatic N) is 1. The number of benzene rings is 1. The van der Waals surface area contributed by atoms with Crippen molar-refractivity contribution in [2.75, 3.05) is 44.9 Å². The molecule has 0 aliphatic carbocycles. The first kappa shape index (κ1) is 16.3. The molecule has 1 aromatic rings. The molecule has 0 unspecified atom stereocenters. The zero-order chi connectivity index (χ0) is 15.0.